The average molecular weight is 273 g/mol. The van der Waals surface area contributed by atoms with Crippen LogP contribution < -0.4 is 11.1 Å². The fourth-order valence-corrected chi connectivity index (χ4v) is 1.84. The van der Waals surface area contributed by atoms with Crippen molar-refractivity contribution < 1.29 is 4.74 Å². The number of anilines is 2. The molecule has 2 rings (SSSR count). The molecule has 0 spiro atoms. The summed E-state index contributed by atoms with van der Waals surface area (Å²) in [7, 11) is 0. The largest absolute Gasteiger partial charge is 0.379 e. The monoisotopic (exact) mass is 272 g/mol. The predicted molar refractivity (Wildman–Crippen MR) is 61.6 cm³/mol. The molecular formula is C9H13BrN4O. The number of nitrogens with zero attached hydrogens (tertiary/aromatic N) is 2. The molecule has 0 saturated carbocycles. The van der Waals surface area contributed by atoms with Crippen LogP contribution >= 0.6 is 15.9 Å². The van der Waals surface area contributed by atoms with E-state index in [1.165, 1.54) is 0 Å². The summed E-state index contributed by atoms with van der Waals surface area (Å²) in [6, 6.07) is 0.310. The van der Waals surface area contributed by atoms with E-state index in [2.05, 4.69) is 31.2 Å². The van der Waals surface area contributed by atoms with Crippen molar-refractivity contribution >= 4 is 27.7 Å². The molecule has 1 aliphatic heterocycles. The van der Waals surface area contributed by atoms with Crippen LogP contribution in [-0.4, -0.2) is 29.2 Å². The fraction of sp³-hybridized carbons (Fsp3) is 0.556. The Morgan fingerprint density at radius 1 is 1.60 bits per heavy atom. The van der Waals surface area contributed by atoms with Crippen LogP contribution in [0.15, 0.2) is 10.7 Å². The second kappa shape index (κ2) is 4.76. The first-order valence-corrected chi connectivity index (χ1v) is 5.67. The number of hydrogen-bond donors (Lipinski definition) is 2. The van der Waals surface area contributed by atoms with Gasteiger partial charge in [0.1, 0.15) is 5.82 Å². The number of nitrogen functional groups attached to an aromatic ring is 1. The van der Waals surface area contributed by atoms with Crippen molar-refractivity contribution in [1.29, 1.82) is 0 Å². The van der Waals surface area contributed by atoms with Gasteiger partial charge in [-0.2, -0.15) is 4.98 Å². The van der Waals surface area contributed by atoms with Gasteiger partial charge in [0, 0.05) is 12.8 Å². The number of ether oxygens (including phenoxy) is 1. The maximum Gasteiger partial charge on any atom is 0.221 e. The Balaban J connectivity index is 2.05. The zero-order valence-corrected chi connectivity index (χ0v) is 9.83. The van der Waals surface area contributed by atoms with Crippen molar-refractivity contribution in [3.05, 3.63) is 10.7 Å². The van der Waals surface area contributed by atoms with Gasteiger partial charge in [0.15, 0.2) is 0 Å². The number of nitrogens with two attached hydrogens (primary N) is 1. The van der Waals surface area contributed by atoms with Gasteiger partial charge in [0.05, 0.1) is 17.1 Å². The van der Waals surface area contributed by atoms with Gasteiger partial charge in [-0.15, -0.1) is 0 Å². The van der Waals surface area contributed by atoms with Crippen molar-refractivity contribution in [3.63, 3.8) is 0 Å². The van der Waals surface area contributed by atoms with Crippen LogP contribution in [0.2, 0.25) is 0 Å². The highest BCUT2D eigenvalue weighted by molar-refractivity contribution is 9.10. The summed E-state index contributed by atoms with van der Waals surface area (Å²) < 4.78 is 6.19. The Hall–Kier alpha value is -0.880. The van der Waals surface area contributed by atoms with E-state index in [1.807, 2.05) is 0 Å². The van der Waals surface area contributed by atoms with E-state index >= 15 is 0 Å². The van der Waals surface area contributed by atoms with E-state index < -0.39 is 0 Å². The number of rotatable bonds is 2. The third-order valence-electron chi connectivity index (χ3n) is 2.26. The highest BCUT2D eigenvalue weighted by Crippen LogP contribution is 2.21. The van der Waals surface area contributed by atoms with Gasteiger partial charge in [0.25, 0.3) is 0 Å². The number of aromatic nitrogens is 2. The van der Waals surface area contributed by atoms with E-state index in [9.17, 15) is 0 Å². The molecule has 1 atom stereocenters. The topological polar surface area (TPSA) is 73.1 Å². The van der Waals surface area contributed by atoms with Gasteiger partial charge in [-0.1, -0.05) is 0 Å². The lowest BCUT2D eigenvalue weighted by Gasteiger charge is -2.23. The second-order valence-corrected chi connectivity index (χ2v) is 4.34. The van der Waals surface area contributed by atoms with E-state index in [0.717, 1.165) is 36.3 Å². The summed E-state index contributed by atoms with van der Waals surface area (Å²) in [5.74, 6) is 1.01. The van der Waals surface area contributed by atoms with Crippen molar-refractivity contribution in [3.8, 4) is 0 Å². The van der Waals surface area contributed by atoms with Crippen LogP contribution in [0.25, 0.3) is 0 Å². The molecule has 1 aromatic rings. The lowest BCUT2D eigenvalue weighted by atomic mass is 10.1. The fourth-order valence-electron chi connectivity index (χ4n) is 1.53. The highest BCUT2D eigenvalue weighted by atomic mass is 79.9. The normalized spacial score (nSPS) is 21.3. The molecule has 2 heterocycles. The van der Waals surface area contributed by atoms with E-state index in [1.54, 1.807) is 6.20 Å². The SMILES string of the molecule is Nc1ncc(Br)c(NC2CCCOC2)n1. The van der Waals surface area contributed by atoms with E-state index in [-0.39, 0.29) is 5.95 Å². The minimum absolute atomic E-state index is 0.275. The van der Waals surface area contributed by atoms with Gasteiger partial charge in [0.2, 0.25) is 5.95 Å². The summed E-state index contributed by atoms with van der Waals surface area (Å²) in [6.45, 7) is 1.57. The van der Waals surface area contributed by atoms with Crippen LogP contribution in [0.5, 0.6) is 0 Å². The molecule has 5 nitrogen and oxygen atoms in total. The molecule has 15 heavy (non-hydrogen) atoms. The minimum Gasteiger partial charge on any atom is -0.379 e. The van der Waals surface area contributed by atoms with E-state index in [4.69, 9.17) is 10.5 Å². The third-order valence-corrected chi connectivity index (χ3v) is 2.84. The summed E-state index contributed by atoms with van der Waals surface area (Å²) in [6.07, 6.45) is 3.82. The Bertz CT molecular complexity index is 341. The predicted octanol–water partition coefficient (Wildman–Crippen LogP) is 1.41. The molecule has 82 valence electrons. The Morgan fingerprint density at radius 3 is 3.20 bits per heavy atom. The highest BCUT2D eigenvalue weighted by Gasteiger charge is 2.15. The van der Waals surface area contributed by atoms with Crippen molar-refractivity contribution in [2.45, 2.75) is 18.9 Å². The lowest BCUT2D eigenvalue weighted by Crippen LogP contribution is -2.30. The van der Waals surface area contributed by atoms with Crippen molar-refractivity contribution in [2.24, 2.45) is 0 Å². The summed E-state index contributed by atoms with van der Waals surface area (Å²) in [4.78, 5) is 8.00. The number of hydrogen-bond acceptors (Lipinski definition) is 5. The first-order valence-electron chi connectivity index (χ1n) is 4.88. The van der Waals surface area contributed by atoms with Gasteiger partial charge in [-0.25, -0.2) is 4.98 Å². The Kier molecular flexibility index (Phi) is 3.37. The summed E-state index contributed by atoms with van der Waals surface area (Å²) in [5, 5.41) is 3.29. The number of nitrogens with one attached hydrogen (secondary N) is 1. The van der Waals surface area contributed by atoms with Crippen LogP contribution in [0.3, 0.4) is 0 Å². The van der Waals surface area contributed by atoms with E-state index in [0.29, 0.717) is 6.04 Å². The van der Waals surface area contributed by atoms with Crippen LogP contribution in [0, 0.1) is 0 Å². The molecule has 0 aliphatic carbocycles. The van der Waals surface area contributed by atoms with Gasteiger partial charge in [-0.3, -0.25) is 0 Å². The molecule has 1 saturated heterocycles. The van der Waals surface area contributed by atoms with Crippen molar-refractivity contribution in [1.82, 2.24) is 9.97 Å². The zero-order valence-electron chi connectivity index (χ0n) is 8.24. The number of halogens is 1. The standard InChI is InChI=1S/C9H13BrN4O/c10-7-4-12-9(11)14-8(7)13-6-2-1-3-15-5-6/h4,6H,1-3,5H2,(H3,11,12,13,14). The Labute approximate surface area is 96.6 Å². The van der Waals surface area contributed by atoms with Crippen LogP contribution in [0.1, 0.15) is 12.8 Å². The first-order chi connectivity index (χ1) is 7.25. The lowest BCUT2D eigenvalue weighted by molar-refractivity contribution is 0.0875. The maximum atomic E-state index is 5.52. The smallest absolute Gasteiger partial charge is 0.221 e. The molecular weight excluding hydrogens is 260 g/mol. The molecule has 1 aromatic heterocycles. The molecule has 1 unspecified atom stereocenters. The second-order valence-electron chi connectivity index (χ2n) is 3.48. The van der Waals surface area contributed by atoms with Gasteiger partial charge < -0.3 is 15.8 Å². The summed E-state index contributed by atoms with van der Waals surface area (Å²) in [5.41, 5.74) is 5.52. The molecule has 1 aliphatic rings. The molecule has 6 heteroatoms. The van der Waals surface area contributed by atoms with Crippen molar-refractivity contribution in [2.75, 3.05) is 24.3 Å². The van der Waals surface area contributed by atoms with Gasteiger partial charge >= 0.3 is 0 Å². The minimum atomic E-state index is 0.275. The molecule has 3 N–H and O–H groups in total. The van der Waals surface area contributed by atoms with Gasteiger partial charge in [-0.05, 0) is 28.8 Å². The van der Waals surface area contributed by atoms with Crippen LogP contribution in [-0.2, 0) is 4.74 Å². The first kappa shape index (κ1) is 10.6. The molecule has 1 fully saturated rings. The van der Waals surface area contributed by atoms with Crippen LogP contribution in [0.4, 0.5) is 11.8 Å². The molecule has 0 radical (unpaired) electrons. The quantitative estimate of drug-likeness (QED) is 0.852. The molecule has 0 aromatic carbocycles. The molecule has 0 amide bonds. The molecule has 0 bridgehead atoms. The third kappa shape index (κ3) is 2.79. The average Bonchev–Trinajstić information content (AvgIpc) is 2.25. The maximum absolute atomic E-state index is 5.52. The summed E-state index contributed by atoms with van der Waals surface area (Å²) >= 11 is 3.37. The zero-order chi connectivity index (χ0) is 10.7. The Morgan fingerprint density at radius 2 is 2.47 bits per heavy atom.